The molecule has 1 N–H and O–H groups in total. The number of furan rings is 1. The molecule has 0 aliphatic rings. The quantitative estimate of drug-likeness (QED) is 0.478. The van der Waals surface area contributed by atoms with Gasteiger partial charge in [-0.25, -0.2) is 0 Å². The molecule has 31 heavy (non-hydrogen) atoms. The standard InChI is InChI=1S/C25H35N3O3/c1-6-27(7-2)14-8-9-18(3)26-25(29)23-16-24-22(15-19(4)31-24)28(23)17-20-10-12-21(30-5)13-11-20/h10-13,15-16,18H,6-9,14,17H2,1-5H3,(H,26,29)/t18-/m1/s1. The summed E-state index contributed by atoms with van der Waals surface area (Å²) in [6, 6.07) is 11.9. The summed E-state index contributed by atoms with van der Waals surface area (Å²) in [6.45, 7) is 12.1. The molecule has 3 aromatic rings. The fraction of sp³-hybridized carbons (Fsp3) is 0.480. The molecule has 168 valence electrons. The van der Waals surface area contributed by atoms with Crippen LogP contribution in [0.5, 0.6) is 5.75 Å². The minimum Gasteiger partial charge on any atom is -0.497 e. The fourth-order valence-corrected chi connectivity index (χ4v) is 3.97. The van der Waals surface area contributed by atoms with Crippen LogP contribution in [0.2, 0.25) is 0 Å². The van der Waals surface area contributed by atoms with Crippen molar-refractivity contribution in [3.05, 3.63) is 53.4 Å². The number of amides is 1. The van der Waals surface area contributed by atoms with E-state index in [1.165, 1.54) is 0 Å². The second kappa shape index (κ2) is 10.5. The van der Waals surface area contributed by atoms with Gasteiger partial charge in [0.2, 0.25) is 0 Å². The summed E-state index contributed by atoms with van der Waals surface area (Å²) in [4.78, 5) is 15.5. The summed E-state index contributed by atoms with van der Waals surface area (Å²) in [5.74, 6) is 1.59. The number of hydrogen-bond donors (Lipinski definition) is 1. The van der Waals surface area contributed by atoms with E-state index in [9.17, 15) is 4.79 Å². The average molecular weight is 426 g/mol. The predicted molar refractivity (Wildman–Crippen MR) is 125 cm³/mol. The van der Waals surface area contributed by atoms with Crippen LogP contribution in [0.25, 0.3) is 11.1 Å². The number of fused-ring (bicyclic) bond motifs is 1. The van der Waals surface area contributed by atoms with Crippen LogP contribution in [-0.2, 0) is 6.54 Å². The van der Waals surface area contributed by atoms with E-state index >= 15 is 0 Å². The van der Waals surface area contributed by atoms with E-state index in [1.807, 2.05) is 47.9 Å². The Morgan fingerprint density at radius 3 is 2.55 bits per heavy atom. The first-order valence-electron chi connectivity index (χ1n) is 11.2. The molecule has 1 aromatic carbocycles. The van der Waals surface area contributed by atoms with Gasteiger partial charge in [-0.1, -0.05) is 26.0 Å². The zero-order valence-corrected chi connectivity index (χ0v) is 19.4. The first-order chi connectivity index (χ1) is 14.9. The van der Waals surface area contributed by atoms with Gasteiger partial charge in [-0.15, -0.1) is 0 Å². The zero-order valence-electron chi connectivity index (χ0n) is 19.4. The smallest absolute Gasteiger partial charge is 0.268 e. The first-order valence-corrected chi connectivity index (χ1v) is 11.2. The SMILES string of the molecule is CCN(CC)CCC[C@@H](C)NC(=O)c1cc2oc(C)cc2n1Cc1ccc(OC)cc1. The maximum absolute atomic E-state index is 13.1. The van der Waals surface area contributed by atoms with Crippen LogP contribution in [0, 0.1) is 6.92 Å². The zero-order chi connectivity index (χ0) is 22.4. The van der Waals surface area contributed by atoms with Gasteiger partial charge >= 0.3 is 0 Å². The molecule has 0 spiro atoms. The van der Waals surface area contributed by atoms with Crippen molar-refractivity contribution < 1.29 is 13.9 Å². The van der Waals surface area contributed by atoms with Crippen LogP contribution in [0.3, 0.4) is 0 Å². The summed E-state index contributed by atoms with van der Waals surface area (Å²) in [6.07, 6.45) is 2.02. The summed E-state index contributed by atoms with van der Waals surface area (Å²) in [5, 5.41) is 3.18. The number of hydrogen-bond acceptors (Lipinski definition) is 4. The molecule has 0 bridgehead atoms. The molecule has 0 unspecified atom stereocenters. The summed E-state index contributed by atoms with van der Waals surface area (Å²) in [5.41, 5.74) is 3.40. The normalized spacial score (nSPS) is 12.5. The van der Waals surface area contributed by atoms with E-state index in [0.29, 0.717) is 12.2 Å². The summed E-state index contributed by atoms with van der Waals surface area (Å²) in [7, 11) is 1.66. The third-order valence-corrected chi connectivity index (χ3v) is 5.83. The largest absolute Gasteiger partial charge is 0.497 e. The van der Waals surface area contributed by atoms with Crippen molar-refractivity contribution in [1.29, 1.82) is 0 Å². The number of aryl methyl sites for hydroxylation is 1. The van der Waals surface area contributed by atoms with Gasteiger partial charge in [0.1, 0.15) is 17.2 Å². The number of benzene rings is 1. The molecule has 1 atom stereocenters. The van der Waals surface area contributed by atoms with Crippen molar-refractivity contribution in [2.45, 2.75) is 53.1 Å². The van der Waals surface area contributed by atoms with Gasteiger partial charge in [-0.2, -0.15) is 0 Å². The number of nitrogens with one attached hydrogen (secondary N) is 1. The maximum atomic E-state index is 13.1. The molecule has 2 heterocycles. The van der Waals surface area contributed by atoms with Gasteiger partial charge in [0.25, 0.3) is 5.91 Å². The molecule has 0 saturated carbocycles. The highest BCUT2D eigenvalue weighted by atomic mass is 16.5. The molecule has 6 nitrogen and oxygen atoms in total. The van der Waals surface area contributed by atoms with Crippen LogP contribution in [0.4, 0.5) is 0 Å². The van der Waals surface area contributed by atoms with Gasteiger partial charge < -0.3 is 23.9 Å². The Balaban J connectivity index is 1.73. The van der Waals surface area contributed by atoms with Crippen molar-refractivity contribution in [2.75, 3.05) is 26.7 Å². The van der Waals surface area contributed by atoms with Gasteiger partial charge in [-0.3, -0.25) is 4.79 Å². The number of rotatable bonds is 11. The molecular weight excluding hydrogens is 390 g/mol. The van der Waals surface area contributed by atoms with Crippen molar-refractivity contribution in [3.8, 4) is 5.75 Å². The van der Waals surface area contributed by atoms with Crippen LogP contribution in [0.1, 0.15) is 55.4 Å². The highest BCUT2D eigenvalue weighted by Crippen LogP contribution is 2.25. The number of carbonyl (C=O) groups excluding carboxylic acids is 1. The van der Waals surface area contributed by atoms with Gasteiger partial charge in [0.15, 0.2) is 5.58 Å². The van der Waals surface area contributed by atoms with Crippen LogP contribution in [0.15, 0.2) is 40.8 Å². The second-order valence-corrected chi connectivity index (χ2v) is 8.11. The number of aromatic nitrogens is 1. The molecule has 6 heteroatoms. The van der Waals surface area contributed by atoms with Gasteiger partial charge in [0, 0.05) is 24.7 Å². The lowest BCUT2D eigenvalue weighted by atomic mass is 10.1. The number of nitrogens with zero attached hydrogens (tertiary/aromatic N) is 2. The van der Waals surface area contributed by atoms with Gasteiger partial charge in [-0.05, 0) is 64.0 Å². The van der Waals surface area contributed by atoms with Crippen LogP contribution < -0.4 is 10.1 Å². The second-order valence-electron chi connectivity index (χ2n) is 8.11. The number of ether oxygens (including phenoxy) is 1. The molecule has 0 fully saturated rings. The third-order valence-electron chi connectivity index (χ3n) is 5.83. The monoisotopic (exact) mass is 425 g/mol. The summed E-state index contributed by atoms with van der Waals surface area (Å²) < 4.78 is 13.1. The molecule has 3 rings (SSSR count). The number of carbonyl (C=O) groups is 1. The maximum Gasteiger partial charge on any atom is 0.268 e. The average Bonchev–Trinajstić information content (AvgIpc) is 3.28. The molecule has 0 saturated heterocycles. The molecular formula is C25H35N3O3. The van der Waals surface area contributed by atoms with Crippen LogP contribution >= 0.6 is 0 Å². The number of methoxy groups -OCH3 is 1. The van der Waals surface area contributed by atoms with E-state index in [1.54, 1.807) is 7.11 Å². The van der Waals surface area contributed by atoms with E-state index < -0.39 is 0 Å². The van der Waals surface area contributed by atoms with Crippen molar-refractivity contribution in [2.24, 2.45) is 0 Å². The molecule has 2 aromatic heterocycles. The third kappa shape index (κ3) is 5.70. The van der Waals surface area contributed by atoms with Crippen LogP contribution in [-0.4, -0.2) is 48.2 Å². The van der Waals surface area contributed by atoms with Gasteiger partial charge in [0.05, 0.1) is 12.6 Å². The van der Waals surface area contributed by atoms with E-state index in [-0.39, 0.29) is 11.9 Å². The molecule has 0 aliphatic carbocycles. The highest BCUT2D eigenvalue weighted by molar-refractivity contribution is 5.97. The molecule has 0 aliphatic heterocycles. The topological polar surface area (TPSA) is 59.6 Å². The highest BCUT2D eigenvalue weighted by Gasteiger charge is 2.20. The van der Waals surface area contributed by atoms with Crippen molar-refractivity contribution >= 4 is 17.0 Å². The summed E-state index contributed by atoms with van der Waals surface area (Å²) >= 11 is 0. The lowest BCUT2D eigenvalue weighted by Gasteiger charge is -2.20. The Bertz CT molecular complexity index is 984. The Hall–Kier alpha value is -2.73. The Kier molecular flexibility index (Phi) is 7.80. The van der Waals surface area contributed by atoms with E-state index in [2.05, 4.69) is 31.0 Å². The molecule has 0 radical (unpaired) electrons. The lowest BCUT2D eigenvalue weighted by molar-refractivity contribution is 0.0928. The van der Waals surface area contributed by atoms with E-state index in [0.717, 1.165) is 60.6 Å². The molecule has 1 amide bonds. The fourth-order valence-electron chi connectivity index (χ4n) is 3.97. The Morgan fingerprint density at radius 1 is 1.19 bits per heavy atom. The van der Waals surface area contributed by atoms with Crippen molar-refractivity contribution in [3.63, 3.8) is 0 Å². The van der Waals surface area contributed by atoms with E-state index in [4.69, 9.17) is 9.15 Å². The van der Waals surface area contributed by atoms with Crippen molar-refractivity contribution in [1.82, 2.24) is 14.8 Å². The Morgan fingerprint density at radius 2 is 1.90 bits per heavy atom. The first kappa shape index (κ1) is 22.9. The minimum atomic E-state index is -0.0621. The predicted octanol–water partition coefficient (Wildman–Crippen LogP) is 4.84. The minimum absolute atomic E-state index is 0.0621. The Labute approximate surface area is 185 Å². The lowest BCUT2D eigenvalue weighted by Crippen LogP contribution is -2.35.